The summed E-state index contributed by atoms with van der Waals surface area (Å²) in [5.74, 6) is 1.04. The van der Waals surface area contributed by atoms with Gasteiger partial charge in [-0.1, -0.05) is 13.3 Å². The van der Waals surface area contributed by atoms with Gasteiger partial charge in [0.1, 0.15) is 5.82 Å². The van der Waals surface area contributed by atoms with Crippen molar-refractivity contribution in [3.63, 3.8) is 0 Å². The van der Waals surface area contributed by atoms with Crippen LogP contribution in [0, 0.1) is 25.3 Å². The van der Waals surface area contributed by atoms with E-state index in [1.54, 1.807) is 0 Å². The van der Waals surface area contributed by atoms with E-state index >= 15 is 0 Å². The number of hydrogen-bond donors (Lipinski definition) is 0. The van der Waals surface area contributed by atoms with Gasteiger partial charge in [-0.3, -0.25) is 25.0 Å². The van der Waals surface area contributed by atoms with Gasteiger partial charge in [-0.2, -0.15) is 5.69 Å². The second kappa shape index (κ2) is 6.19. The first kappa shape index (κ1) is 14.1. The molecule has 3 heteroatoms. The van der Waals surface area contributed by atoms with Crippen LogP contribution < -0.4 is 18.9 Å². The summed E-state index contributed by atoms with van der Waals surface area (Å²) in [6.07, 6.45) is 20.0. The van der Waals surface area contributed by atoms with Gasteiger partial charge in [0.25, 0.3) is 0 Å². The maximum atomic E-state index is 4.74. The van der Waals surface area contributed by atoms with Gasteiger partial charge in [0.15, 0.2) is 0 Å². The molecular formula is C16H16LiN2-. The van der Waals surface area contributed by atoms with Crippen LogP contribution in [-0.4, -0.2) is 9.55 Å². The van der Waals surface area contributed by atoms with Crippen molar-refractivity contribution in [2.24, 2.45) is 0 Å². The molecule has 1 aromatic rings. The second-order valence-corrected chi connectivity index (χ2v) is 4.51. The van der Waals surface area contributed by atoms with Crippen molar-refractivity contribution in [3.8, 4) is 0 Å². The molecule has 0 bridgehead atoms. The van der Waals surface area contributed by atoms with E-state index in [4.69, 9.17) is 4.98 Å². The Hall–Kier alpha value is -1.36. The summed E-state index contributed by atoms with van der Waals surface area (Å²) in [7, 11) is 0. The van der Waals surface area contributed by atoms with Crippen molar-refractivity contribution >= 4 is 5.57 Å². The van der Waals surface area contributed by atoms with Crippen molar-refractivity contribution < 1.29 is 18.9 Å². The summed E-state index contributed by atoms with van der Waals surface area (Å²) < 4.78 is 2.31. The molecule has 2 aliphatic rings. The van der Waals surface area contributed by atoms with Crippen LogP contribution in [0.15, 0.2) is 24.3 Å². The molecule has 0 saturated carbocycles. The Kier molecular flexibility index (Phi) is 4.58. The molecule has 0 fully saturated rings. The molecule has 0 spiro atoms. The maximum Gasteiger partial charge on any atom is 1.00 e. The monoisotopic (exact) mass is 243 g/mol. The molecule has 0 N–H and O–H groups in total. The third-order valence-electron chi connectivity index (χ3n) is 3.23. The summed E-state index contributed by atoms with van der Waals surface area (Å²) in [5, 5.41) is 0. The second-order valence-electron chi connectivity index (χ2n) is 4.51. The summed E-state index contributed by atoms with van der Waals surface area (Å²) >= 11 is 0. The van der Waals surface area contributed by atoms with E-state index < -0.39 is 0 Å². The zero-order chi connectivity index (χ0) is 12.4. The first-order chi connectivity index (χ1) is 8.90. The van der Waals surface area contributed by atoms with Gasteiger partial charge in [0, 0.05) is 18.7 Å². The molecule has 0 amide bonds. The Morgan fingerprint density at radius 3 is 2.95 bits per heavy atom. The van der Waals surface area contributed by atoms with Crippen molar-refractivity contribution in [2.45, 2.75) is 26.3 Å². The summed E-state index contributed by atoms with van der Waals surface area (Å²) in [6, 6.07) is 0. The molecule has 2 nitrogen and oxygen atoms in total. The molecule has 92 valence electrons. The van der Waals surface area contributed by atoms with E-state index in [2.05, 4.69) is 42.6 Å². The van der Waals surface area contributed by atoms with Gasteiger partial charge in [-0.25, -0.2) is 0 Å². The molecule has 3 rings (SSSR count). The van der Waals surface area contributed by atoms with Gasteiger partial charge in [0.2, 0.25) is 0 Å². The maximum absolute atomic E-state index is 4.74. The van der Waals surface area contributed by atoms with E-state index in [1.165, 1.54) is 18.5 Å². The average Bonchev–Trinajstić information content (AvgIpc) is 3.03. The molecule has 2 aliphatic carbocycles. The van der Waals surface area contributed by atoms with Gasteiger partial charge in [-0.05, 0) is 18.9 Å². The first-order valence-corrected chi connectivity index (χ1v) is 6.49. The molecular weight excluding hydrogens is 227 g/mol. The largest absolute Gasteiger partial charge is 1.00 e. The zero-order valence-corrected chi connectivity index (χ0v) is 11.6. The predicted molar refractivity (Wildman–Crippen MR) is 73.2 cm³/mol. The van der Waals surface area contributed by atoms with Crippen LogP contribution >= 0.6 is 0 Å². The molecule has 0 atom stereocenters. The Morgan fingerprint density at radius 1 is 1.37 bits per heavy atom. The fourth-order valence-corrected chi connectivity index (χ4v) is 2.29. The SMILES string of the molecule is CCCCn1c(C2=[C-][CH+]C=C2)nc2c1[CH-]C=C[CH-]2.[Li+]. The predicted octanol–water partition coefficient (Wildman–Crippen LogP) is 0.322. The van der Waals surface area contributed by atoms with Crippen molar-refractivity contribution in [3.05, 3.63) is 66.9 Å². The van der Waals surface area contributed by atoms with E-state index in [0.717, 1.165) is 23.6 Å². The summed E-state index contributed by atoms with van der Waals surface area (Å²) in [5.41, 5.74) is 3.37. The topological polar surface area (TPSA) is 17.8 Å². The minimum Gasteiger partial charge on any atom is -0.428 e. The Labute approximate surface area is 127 Å². The third kappa shape index (κ3) is 2.66. The van der Waals surface area contributed by atoms with Crippen molar-refractivity contribution in [1.29, 1.82) is 0 Å². The standard InChI is InChI=1S/C16H16N2.Li/c1-2-3-12-18-15-11-7-6-10-14(15)17-16(18)13-8-4-5-9-13;/h4-8,10-11H,2-3,12H2,1H3;/q-2;+1. The van der Waals surface area contributed by atoms with Crippen molar-refractivity contribution in [2.75, 3.05) is 0 Å². The Morgan fingerprint density at radius 2 is 2.21 bits per heavy atom. The molecule has 0 radical (unpaired) electrons. The number of allylic oxidation sites excluding steroid dienone is 6. The number of hydrogen-bond acceptors (Lipinski definition) is 1. The zero-order valence-electron chi connectivity index (χ0n) is 11.6. The van der Waals surface area contributed by atoms with E-state index in [1.807, 2.05) is 18.6 Å². The first-order valence-electron chi connectivity index (χ1n) is 6.49. The van der Waals surface area contributed by atoms with Crippen LogP contribution in [0.2, 0.25) is 0 Å². The number of fused-ring (bicyclic) bond motifs is 1. The Balaban J connectivity index is 0.00000133. The normalized spacial score (nSPS) is 14.9. The van der Waals surface area contributed by atoms with Crippen LogP contribution in [0.25, 0.3) is 5.57 Å². The summed E-state index contributed by atoms with van der Waals surface area (Å²) in [6.45, 7) is 3.23. The molecule has 1 aromatic heterocycles. The number of imidazole rings is 1. The van der Waals surface area contributed by atoms with Crippen LogP contribution in [0.1, 0.15) is 37.0 Å². The van der Waals surface area contributed by atoms with Gasteiger partial charge in [0.05, 0.1) is 5.57 Å². The van der Waals surface area contributed by atoms with E-state index in [0.29, 0.717) is 0 Å². The number of aromatic nitrogens is 2. The minimum atomic E-state index is 0. The molecule has 0 aliphatic heterocycles. The molecule has 0 saturated heterocycles. The summed E-state index contributed by atoms with van der Waals surface area (Å²) in [4.78, 5) is 4.74. The number of rotatable bonds is 4. The van der Waals surface area contributed by atoms with Gasteiger partial charge in [-0.15, -0.1) is 5.69 Å². The van der Waals surface area contributed by atoms with Crippen LogP contribution in [-0.2, 0) is 6.54 Å². The fraction of sp³-hybridized carbons (Fsp3) is 0.250. The molecule has 1 heterocycles. The molecule has 0 unspecified atom stereocenters. The van der Waals surface area contributed by atoms with Crippen LogP contribution in [0.3, 0.4) is 0 Å². The van der Waals surface area contributed by atoms with Crippen molar-refractivity contribution in [1.82, 2.24) is 9.55 Å². The van der Waals surface area contributed by atoms with Crippen LogP contribution in [0.5, 0.6) is 0 Å². The number of nitrogens with zero attached hydrogens (tertiary/aromatic N) is 2. The Bertz CT molecular complexity index is 535. The third-order valence-corrected chi connectivity index (χ3v) is 3.23. The van der Waals surface area contributed by atoms with Gasteiger partial charge < -0.3 is 9.55 Å². The molecule has 0 aromatic carbocycles. The minimum absolute atomic E-state index is 0. The quantitative estimate of drug-likeness (QED) is 0.550. The van der Waals surface area contributed by atoms with Gasteiger partial charge >= 0.3 is 18.9 Å². The molecule has 19 heavy (non-hydrogen) atoms. The van der Waals surface area contributed by atoms with Crippen LogP contribution in [0.4, 0.5) is 0 Å². The smallest absolute Gasteiger partial charge is 0.428 e. The number of unbranched alkanes of at least 4 members (excludes halogenated alkanes) is 1. The average molecular weight is 243 g/mol. The fourth-order valence-electron chi connectivity index (χ4n) is 2.29. The van der Waals surface area contributed by atoms with E-state index in [-0.39, 0.29) is 18.9 Å². The van der Waals surface area contributed by atoms with E-state index in [9.17, 15) is 0 Å².